The molecule has 4 nitrogen and oxygen atoms in total. The summed E-state index contributed by atoms with van der Waals surface area (Å²) in [5, 5.41) is 2.89. The Kier molecular flexibility index (Phi) is 5.99. The van der Waals surface area contributed by atoms with E-state index < -0.39 is 5.54 Å². The van der Waals surface area contributed by atoms with Gasteiger partial charge in [-0.1, -0.05) is 31.2 Å². The molecular formula is C15H24N2O2. The lowest BCUT2D eigenvalue weighted by Gasteiger charge is -2.22. The largest absolute Gasteiger partial charge is 0.377 e. The quantitative estimate of drug-likeness (QED) is 0.791. The number of hydrogen-bond donors (Lipinski definition) is 2. The van der Waals surface area contributed by atoms with Gasteiger partial charge in [-0.05, 0) is 31.4 Å². The number of nitrogens with two attached hydrogens (primary N) is 1. The third kappa shape index (κ3) is 4.65. The Hall–Kier alpha value is -1.39. The first-order valence-corrected chi connectivity index (χ1v) is 6.73. The highest BCUT2D eigenvalue weighted by Gasteiger charge is 2.25. The molecule has 19 heavy (non-hydrogen) atoms. The van der Waals surface area contributed by atoms with Crippen molar-refractivity contribution in [1.29, 1.82) is 0 Å². The van der Waals surface area contributed by atoms with Gasteiger partial charge in [0.15, 0.2) is 0 Å². The molecule has 4 heteroatoms. The molecule has 106 valence electrons. The summed E-state index contributed by atoms with van der Waals surface area (Å²) < 4.78 is 5.42. The minimum atomic E-state index is -0.811. The highest BCUT2D eigenvalue weighted by atomic mass is 16.5. The van der Waals surface area contributed by atoms with Gasteiger partial charge in [0.2, 0.25) is 5.91 Å². The molecule has 0 saturated heterocycles. The Bertz CT molecular complexity index is 416. The minimum absolute atomic E-state index is 0.124. The molecule has 0 radical (unpaired) electrons. The van der Waals surface area contributed by atoms with Gasteiger partial charge in [0.05, 0.1) is 12.1 Å². The Labute approximate surface area is 115 Å². The SMILES string of the molecule is CCOCc1ccccc1CNC(=O)C(C)(N)CC. The van der Waals surface area contributed by atoms with Crippen LogP contribution in [0.1, 0.15) is 38.3 Å². The van der Waals surface area contributed by atoms with Gasteiger partial charge in [0, 0.05) is 13.2 Å². The Morgan fingerprint density at radius 2 is 1.95 bits per heavy atom. The summed E-state index contributed by atoms with van der Waals surface area (Å²) in [6.45, 7) is 7.34. The van der Waals surface area contributed by atoms with E-state index in [4.69, 9.17) is 10.5 Å². The zero-order valence-corrected chi connectivity index (χ0v) is 12.0. The molecule has 1 unspecified atom stereocenters. The van der Waals surface area contributed by atoms with Gasteiger partial charge in [-0.25, -0.2) is 0 Å². The second-order valence-electron chi connectivity index (χ2n) is 4.86. The van der Waals surface area contributed by atoms with Crippen LogP contribution in [0.4, 0.5) is 0 Å². The molecule has 0 bridgehead atoms. The van der Waals surface area contributed by atoms with Crippen molar-refractivity contribution >= 4 is 5.91 Å². The summed E-state index contributed by atoms with van der Waals surface area (Å²) in [4.78, 5) is 11.9. The zero-order chi connectivity index (χ0) is 14.3. The standard InChI is InChI=1S/C15H24N2O2/c1-4-15(3,16)14(18)17-10-12-8-6-7-9-13(12)11-19-5-2/h6-9H,4-5,10-11,16H2,1-3H3,(H,17,18). The van der Waals surface area contributed by atoms with Crippen LogP contribution in [0.25, 0.3) is 0 Å². The normalized spacial score (nSPS) is 13.9. The number of carbonyl (C=O) groups is 1. The first-order valence-electron chi connectivity index (χ1n) is 6.73. The molecule has 0 saturated carbocycles. The van der Waals surface area contributed by atoms with Crippen molar-refractivity contribution in [2.24, 2.45) is 5.73 Å². The summed E-state index contributed by atoms with van der Waals surface area (Å²) in [6.07, 6.45) is 0.611. The van der Waals surface area contributed by atoms with Crippen molar-refractivity contribution in [3.8, 4) is 0 Å². The summed E-state index contributed by atoms with van der Waals surface area (Å²) in [5.41, 5.74) is 7.26. The second kappa shape index (κ2) is 7.26. The summed E-state index contributed by atoms with van der Waals surface area (Å²) in [6, 6.07) is 7.93. The fourth-order valence-electron chi connectivity index (χ4n) is 1.62. The lowest BCUT2D eigenvalue weighted by atomic mass is 9.99. The summed E-state index contributed by atoms with van der Waals surface area (Å²) in [7, 11) is 0. The molecule has 1 amide bonds. The fraction of sp³-hybridized carbons (Fsp3) is 0.533. The van der Waals surface area contributed by atoms with E-state index in [0.29, 0.717) is 26.2 Å². The summed E-state index contributed by atoms with van der Waals surface area (Å²) in [5.74, 6) is -0.124. The van der Waals surface area contributed by atoms with Crippen molar-refractivity contribution in [2.45, 2.75) is 45.9 Å². The molecule has 0 aliphatic carbocycles. The Morgan fingerprint density at radius 1 is 1.32 bits per heavy atom. The van der Waals surface area contributed by atoms with E-state index in [-0.39, 0.29) is 5.91 Å². The number of amides is 1. The van der Waals surface area contributed by atoms with Gasteiger partial charge in [-0.15, -0.1) is 0 Å². The predicted octanol–water partition coefficient (Wildman–Crippen LogP) is 1.97. The number of benzene rings is 1. The van der Waals surface area contributed by atoms with Crippen LogP contribution in [0.2, 0.25) is 0 Å². The molecule has 3 N–H and O–H groups in total. The average molecular weight is 264 g/mol. The molecular weight excluding hydrogens is 240 g/mol. The molecule has 0 aliphatic rings. The van der Waals surface area contributed by atoms with Crippen LogP contribution in [0, 0.1) is 0 Å². The first-order chi connectivity index (χ1) is 9.01. The zero-order valence-electron chi connectivity index (χ0n) is 12.0. The summed E-state index contributed by atoms with van der Waals surface area (Å²) >= 11 is 0. The number of rotatable bonds is 7. The molecule has 1 rings (SSSR count). The molecule has 0 fully saturated rings. The lowest BCUT2D eigenvalue weighted by molar-refractivity contribution is -0.126. The van der Waals surface area contributed by atoms with Gasteiger partial charge in [0.25, 0.3) is 0 Å². The molecule has 0 spiro atoms. The molecule has 1 aromatic rings. The highest BCUT2D eigenvalue weighted by Crippen LogP contribution is 2.11. The fourth-order valence-corrected chi connectivity index (χ4v) is 1.62. The Morgan fingerprint density at radius 3 is 2.53 bits per heavy atom. The van der Waals surface area contributed by atoms with Gasteiger partial charge >= 0.3 is 0 Å². The van der Waals surface area contributed by atoms with Crippen molar-refractivity contribution in [1.82, 2.24) is 5.32 Å². The third-order valence-corrected chi connectivity index (χ3v) is 3.27. The average Bonchev–Trinajstić information content (AvgIpc) is 2.43. The monoisotopic (exact) mass is 264 g/mol. The Balaban J connectivity index is 2.65. The smallest absolute Gasteiger partial charge is 0.240 e. The van der Waals surface area contributed by atoms with Crippen molar-refractivity contribution in [3.63, 3.8) is 0 Å². The third-order valence-electron chi connectivity index (χ3n) is 3.27. The van der Waals surface area contributed by atoms with E-state index in [2.05, 4.69) is 5.32 Å². The molecule has 1 aromatic carbocycles. The lowest BCUT2D eigenvalue weighted by Crippen LogP contribution is -2.50. The van der Waals surface area contributed by atoms with Crippen LogP contribution in [-0.2, 0) is 22.7 Å². The topological polar surface area (TPSA) is 64.3 Å². The van der Waals surface area contributed by atoms with Crippen LogP contribution in [0.3, 0.4) is 0 Å². The van der Waals surface area contributed by atoms with Crippen LogP contribution in [0.5, 0.6) is 0 Å². The van der Waals surface area contributed by atoms with E-state index in [9.17, 15) is 4.79 Å². The van der Waals surface area contributed by atoms with Crippen LogP contribution >= 0.6 is 0 Å². The van der Waals surface area contributed by atoms with Gasteiger partial charge < -0.3 is 15.8 Å². The second-order valence-corrected chi connectivity index (χ2v) is 4.86. The van der Waals surface area contributed by atoms with Gasteiger partial charge in [0.1, 0.15) is 0 Å². The maximum Gasteiger partial charge on any atom is 0.240 e. The van der Waals surface area contributed by atoms with E-state index in [1.165, 1.54) is 0 Å². The maximum absolute atomic E-state index is 11.9. The van der Waals surface area contributed by atoms with Crippen LogP contribution in [0.15, 0.2) is 24.3 Å². The van der Waals surface area contributed by atoms with E-state index in [1.54, 1.807) is 6.92 Å². The first kappa shape index (κ1) is 15.7. The van der Waals surface area contributed by atoms with E-state index in [0.717, 1.165) is 11.1 Å². The van der Waals surface area contributed by atoms with Crippen molar-refractivity contribution in [2.75, 3.05) is 6.61 Å². The number of ether oxygens (including phenoxy) is 1. The molecule has 0 aromatic heterocycles. The highest BCUT2D eigenvalue weighted by molar-refractivity contribution is 5.85. The van der Waals surface area contributed by atoms with Crippen molar-refractivity contribution < 1.29 is 9.53 Å². The van der Waals surface area contributed by atoms with Crippen LogP contribution < -0.4 is 11.1 Å². The molecule has 1 atom stereocenters. The number of hydrogen-bond acceptors (Lipinski definition) is 3. The maximum atomic E-state index is 11.9. The van der Waals surface area contributed by atoms with Crippen molar-refractivity contribution in [3.05, 3.63) is 35.4 Å². The van der Waals surface area contributed by atoms with Gasteiger partial charge in [-0.2, -0.15) is 0 Å². The predicted molar refractivity (Wildman–Crippen MR) is 76.5 cm³/mol. The molecule has 0 heterocycles. The minimum Gasteiger partial charge on any atom is -0.377 e. The molecule has 0 aliphatic heterocycles. The van der Waals surface area contributed by atoms with E-state index in [1.807, 2.05) is 38.1 Å². The van der Waals surface area contributed by atoms with E-state index >= 15 is 0 Å². The number of nitrogens with one attached hydrogen (secondary N) is 1. The number of carbonyl (C=O) groups excluding carboxylic acids is 1. The van der Waals surface area contributed by atoms with Crippen LogP contribution in [-0.4, -0.2) is 18.1 Å². The van der Waals surface area contributed by atoms with Gasteiger partial charge in [-0.3, -0.25) is 4.79 Å².